The number of nitrogens with zero attached hydrogens (tertiary/aromatic N) is 3. The van der Waals surface area contributed by atoms with Gasteiger partial charge in [0, 0.05) is 50.6 Å². The topological polar surface area (TPSA) is 19.0 Å². The predicted molar refractivity (Wildman–Crippen MR) is 144 cm³/mol. The fourth-order valence-corrected chi connectivity index (χ4v) is 6.05. The molecule has 1 saturated carbocycles. The van der Waals surface area contributed by atoms with Crippen molar-refractivity contribution in [3.63, 3.8) is 0 Å². The molecule has 0 unspecified atom stereocenters. The number of unbranched alkanes of at least 4 members (excludes halogenated alkanes) is 1. The SMILES string of the molecule is CCCCN1CCN(c2ccc(N3C[C@@H](C)O[C@@H](C)C3)cc2C2CCC(C)(C)CC2)CC1.Cl. The van der Waals surface area contributed by atoms with Crippen LogP contribution in [0.4, 0.5) is 11.4 Å². The maximum Gasteiger partial charge on any atom is 0.0726 e. The summed E-state index contributed by atoms with van der Waals surface area (Å²) < 4.78 is 6.01. The summed E-state index contributed by atoms with van der Waals surface area (Å²) >= 11 is 0. The Hall–Kier alpha value is -0.970. The Kier molecular flexibility index (Phi) is 9.39. The molecule has 2 heterocycles. The monoisotopic (exact) mass is 477 g/mol. The second kappa shape index (κ2) is 11.6. The highest BCUT2D eigenvalue weighted by atomic mass is 35.5. The molecule has 4 rings (SSSR count). The largest absolute Gasteiger partial charge is 0.372 e. The van der Waals surface area contributed by atoms with Crippen LogP contribution >= 0.6 is 12.4 Å². The van der Waals surface area contributed by atoms with Crippen LogP contribution in [0.15, 0.2) is 18.2 Å². The van der Waals surface area contributed by atoms with Gasteiger partial charge in [0.2, 0.25) is 0 Å². The van der Waals surface area contributed by atoms with Gasteiger partial charge in [-0.2, -0.15) is 0 Å². The molecule has 33 heavy (non-hydrogen) atoms. The molecular formula is C28H48ClN3O. The van der Waals surface area contributed by atoms with E-state index < -0.39 is 0 Å². The molecule has 2 atom stereocenters. The Morgan fingerprint density at radius 1 is 0.939 bits per heavy atom. The molecule has 1 aliphatic carbocycles. The lowest BCUT2D eigenvalue weighted by molar-refractivity contribution is -0.00522. The van der Waals surface area contributed by atoms with Gasteiger partial charge in [-0.15, -0.1) is 12.4 Å². The molecule has 2 aliphatic heterocycles. The van der Waals surface area contributed by atoms with Gasteiger partial charge in [-0.05, 0) is 87.6 Å². The van der Waals surface area contributed by atoms with Crippen molar-refractivity contribution in [1.29, 1.82) is 0 Å². The molecule has 3 fully saturated rings. The van der Waals surface area contributed by atoms with E-state index in [-0.39, 0.29) is 12.4 Å². The van der Waals surface area contributed by atoms with Gasteiger partial charge >= 0.3 is 0 Å². The molecule has 2 saturated heterocycles. The number of ether oxygens (including phenoxy) is 1. The first-order valence-electron chi connectivity index (χ1n) is 13.4. The molecule has 0 spiro atoms. The van der Waals surface area contributed by atoms with Gasteiger partial charge in [-0.1, -0.05) is 27.2 Å². The van der Waals surface area contributed by atoms with Crippen LogP contribution in [0.2, 0.25) is 0 Å². The van der Waals surface area contributed by atoms with Crippen LogP contribution in [0.5, 0.6) is 0 Å². The standard InChI is InChI=1S/C28H47N3O.ClH/c1-6-7-14-29-15-17-30(18-16-29)27-9-8-25(31-20-22(2)32-23(3)21-31)19-26(27)24-10-12-28(4,5)13-11-24;/h8-9,19,22-24H,6-7,10-18,20-21H2,1-5H3;1H/t22-,23+;. The zero-order valence-electron chi connectivity index (χ0n) is 21.8. The Morgan fingerprint density at radius 2 is 1.58 bits per heavy atom. The number of piperazine rings is 1. The Balaban J connectivity index is 0.00000306. The fourth-order valence-electron chi connectivity index (χ4n) is 6.05. The summed E-state index contributed by atoms with van der Waals surface area (Å²) in [5, 5.41) is 0. The summed E-state index contributed by atoms with van der Waals surface area (Å²) in [5.41, 5.74) is 5.04. The van der Waals surface area contributed by atoms with Crippen molar-refractivity contribution in [3.8, 4) is 0 Å². The fraction of sp³-hybridized carbons (Fsp3) is 0.786. The average molecular weight is 478 g/mol. The van der Waals surface area contributed by atoms with Crippen molar-refractivity contribution >= 4 is 23.8 Å². The van der Waals surface area contributed by atoms with E-state index >= 15 is 0 Å². The number of hydrogen-bond donors (Lipinski definition) is 0. The minimum absolute atomic E-state index is 0. The van der Waals surface area contributed by atoms with E-state index in [1.165, 1.54) is 82.6 Å². The number of halogens is 1. The summed E-state index contributed by atoms with van der Waals surface area (Å²) in [6, 6.07) is 7.41. The highest BCUT2D eigenvalue weighted by molar-refractivity contribution is 5.85. The van der Waals surface area contributed by atoms with Gasteiger partial charge < -0.3 is 14.5 Å². The summed E-state index contributed by atoms with van der Waals surface area (Å²) in [5.74, 6) is 0.701. The Bertz CT molecular complexity index is 727. The Morgan fingerprint density at radius 3 is 2.18 bits per heavy atom. The maximum atomic E-state index is 6.01. The number of benzene rings is 1. The zero-order valence-corrected chi connectivity index (χ0v) is 22.6. The predicted octanol–water partition coefficient (Wildman–Crippen LogP) is 6.33. The van der Waals surface area contributed by atoms with Gasteiger partial charge in [0.1, 0.15) is 0 Å². The molecule has 5 heteroatoms. The molecular weight excluding hydrogens is 430 g/mol. The lowest BCUT2D eigenvalue weighted by Gasteiger charge is -2.41. The van der Waals surface area contributed by atoms with E-state index in [4.69, 9.17) is 4.74 Å². The van der Waals surface area contributed by atoms with Crippen molar-refractivity contribution in [2.75, 3.05) is 55.6 Å². The minimum Gasteiger partial charge on any atom is -0.372 e. The van der Waals surface area contributed by atoms with Gasteiger partial charge in [0.05, 0.1) is 12.2 Å². The van der Waals surface area contributed by atoms with Gasteiger partial charge in [-0.25, -0.2) is 0 Å². The first kappa shape index (κ1) is 26.6. The maximum absolute atomic E-state index is 6.01. The summed E-state index contributed by atoms with van der Waals surface area (Å²) in [4.78, 5) is 7.90. The smallest absolute Gasteiger partial charge is 0.0726 e. The van der Waals surface area contributed by atoms with Crippen molar-refractivity contribution in [2.45, 2.75) is 91.3 Å². The lowest BCUT2D eigenvalue weighted by Crippen LogP contribution is -2.47. The molecule has 3 aliphatic rings. The number of rotatable bonds is 6. The van der Waals surface area contributed by atoms with Gasteiger partial charge in [0.15, 0.2) is 0 Å². The normalized spacial score (nSPS) is 26.8. The summed E-state index contributed by atoms with van der Waals surface area (Å²) in [6.07, 6.45) is 8.57. The molecule has 0 aromatic heterocycles. The third kappa shape index (κ3) is 6.80. The molecule has 4 nitrogen and oxygen atoms in total. The summed E-state index contributed by atoms with van der Waals surface area (Å²) in [7, 11) is 0. The van der Waals surface area contributed by atoms with Crippen molar-refractivity contribution in [2.24, 2.45) is 5.41 Å². The molecule has 0 bridgehead atoms. The molecule has 188 valence electrons. The molecule has 0 amide bonds. The van der Waals surface area contributed by atoms with Crippen LogP contribution in [-0.2, 0) is 4.74 Å². The second-order valence-corrected chi connectivity index (χ2v) is 11.5. The molecule has 1 aromatic carbocycles. The first-order valence-corrected chi connectivity index (χ1v) is 13.4. The van der Waals surface area contributed by atoms with Crippen LogP contribution in [0.25, 0.3) is 0 Å². The third-order valence-corrected chi connectivity index (χ3v) is 8.12. The second-order valence-electron chi connectivity index (χ2n) is 11.5. The third-order valence-electron chi connectivity index (χ3n) is 8.12. The van der Waals surface area contributed by atoms with Crippen LogP contribution in [0.3, 0.4) is 0 Å². The first-order chi connectivity index (χ1) is 15.3. The van der Waals surface area contributed by atoms with Gasteiger partial charge in [-0.3, -0.25) is 4.90 Å². The van der Waals surface area contributed by atoms with Crippen LogP contribution < -0.4 is 9.80 Å². The van der Waals surface area contributed by atoms with Crippen molar-refractivity contribution in [1.82, 2.24) is 4.90 Å². The average Bonchev–Trinajstić information content (AvgIpc) is 2.77. The molecule has 0 N–H and O–H groups in total. The van der Waals surface area contributed by atoms with E-state index in [0.29, 0.717) is 23.5 Å². The number of hydrogen-bond acceptors (Lipinski definition) is 4. The highest BCUT2D eigenvalue weighted by Crippen LogP contribution is 2.45. The summed E-state index contributed by atoms with van der Waals surface area (Å²) in [6.45, 7) is 19.6. The van der Waals surface area contributed by atoms with E-state index in [2.05, 4.69) is 67.5 Å². The van der Waals surface area contributed by atoms with E-state index in [1.54, 1.807) is 5.56 Å². The van der Waals surface area contributed by atoms with E-state index in [0.717, 1.165) is 13.1 Å². The lowest BCUT2D eigenvalue weighted by atomic mass is 9.71. The quantitative estimate of drug-likeness (QED) is 0.476. The van der Waals surface area contributed by atoms with Crippen molar-refractivity contribution in [3.05, 3.63) is 23.8 Å². The van der Waals surface area contributed by atoms with Crippen LogP contribution in [-0.4, -0.2) is 62.9 Å². The Labute approximate surface area is 209 Å². The van der Waals surface area contributed by atoms with Gasteiger partial charge in [0.25, 0.3) is 0 Å². The zero-order chi connectivity index (χ0) is 22.7. The van der Waals surface area contributed by atoms with Crippen molar-refractivity contribution < 1.29 is 4.74 Å². The van der Waals surface area contributed by atoms with Crippen LogP contribution in [0, 0.1) is 5.41 Å². The minimum atomic E-state index is 0. The van der Waals surface area contributed by atoms with Crippen LogP contribution in [0.1, 0.15) is 84.6 Å². The van der Waals surface area contributed by atoms with E-state index in [1.807, 2.05) is 0 Å². The molecule has 1 aromatic rings. The number of morpholine rings is 1. The molecule has 0 radical (unpaired) electrons. The van der Waals surface area contributed by atoms with E-state index in [9.17, 15) is 0 Å². The highest BCUT2D eigenvalue weighted by Gasteiger charge is 2.31. The number of anilines is 2.